The zero-order valence-corrected chi connectivity index (χ0v) is 13.8. The second-order valence-electron chi connectivity index (χ2n) is 4.00. The van der Waals surface area contributed by atoms with Crippen LogP contribution < -0.4 is 0 Å². The van der Waals surface area contributed by atoms with E-state index in [0.29, 0.717) is 13.8 Å². The second-order valence-corrected chi connectivity index (χ2v) is 7.73. The monoisotopic (exact) mass is 430 g/mol. The first kappa shape index (κ1) is 13.6. The minimum atomic E-state index is 0.422. The van der Waals surface area contributed by atoms with Crippen molar-refractivity contribution in [3.05, 3.63) is 23.0 Å². The smallest absolute Gasteiger partial charge is 0.0791 e. The van der Waals surface area contributed by atoms with E-state index in [1.807, 2.05) is 0 Å². The standard InChI is InChI=1S/C11H16I2N2/c1-6(2)9-5-10(7(3)12)14-15-11(9)8(4)13/h5-8H,1-4H3. The van der Waals surface area contributed by atoms with Crippen LogP contribution in [0.1, 0.15) is 58.4 Å². The van der Waals surface area contributed by atoms with Gasteiger partial charge in [-0.15, -0.1) is 0 Å². The van der Waals surface area contributed by atoms with E-state index >= 15 is 0 Å². The van der Waals surface area contributed by atoms with Crippen LogP contribution >= 0.6 is 45.2 Å². The van der Waals surface area contributed by atoms with Gasteiger partial charge in [-0.25, -0.2) is 0 Å². The Morgan fingerprint density at radius 1 is 1.00 bits per heavy atom. The third-order valence-corrected chi connectivity index (χ3v) is 3.51. The van der Waals surface area contributed by atoms with Gasteiger partial charge in [0.2, 0.25) is 0 Å². The van der Waals surface area contributed by atoms with Gasteiger partial charge in [0.05, 0.1) is 19.2 Å². The predicted octanol–water partition coefficient (Wildman–Crippen LogP) is 4.59. The Balaban J connectivity index is 3.21. The summed E-state index contributed by atoms with van der Waals surface area (Å²) in [6, 6.07) is 2.21. The average Bonchev–Trinajstić information content (AvgIpc) is 2.16. The van der Waals surface area contributed by atoms with Crippen molar-refractivity contribution in [1.29, 1.82) is 0 Å². The summed E-state index contributed by atoms with van der Waals surface area (Å²) in [6.07, 6.45) is 0. The quantitative estimate of drug-likeness (QED) is 0.518. The number of aromatic nitrogens is 2. The normalized spacial score (nSPS) is 15.4. The van der Waals surface area contributed by atoms with Crippen LogP contribution in [0.3, 0.4) is 0 Å². The lowest BCUT2D eigenvalue weighted by Crippen LogP contribution is -2.05. The lowest BCUT2D eigenvalue weighted by Gasteiger charge is -2.14. The molecule has 0 aromatic carbocycles. The van der Waals surface area contributed by atoms with Crippen molar-refractivity contribution in [2.24, 2.45) is 0 Å². The summed E-state index contributed by atoms with van der Waals surface area (Å²) in [7, 11) is 0. The Hall–Kier alpha value is 0.540. The lowest BCUT2D eigenvalue weighted by molar-refractivity contribution is 0.776. The van der Waals surface area contributed by atoms with Gasteiger partial charge in [0, 0.05) is 0 Å². The van der Waals surface area contributed by atoms with E-state index in [1.165, 1.54) is 5.56 Å². The van der Waals surface area contributed by atoms with Crippen LogP contribution in [0.5, 0.6) is 0 Å². The lowest BCUT2D eigenvalue weighted by atomic mass is 10.00. The molecule has 1 aromatic heterocycles. The van der Waals surface area contributed by atoms with Crippen LogP contribution in [-0.4, -0.2) is 10.2 Å². The first-order valence-electron chi connectivity index (χ1n) is 5.09. The predicted molar refractivity (Wildman–Crippen MR) is 81.0 cm³/mol. The maximum absolute atomic E-state index is 4.36. The molecular weight excluding hydrogens is 414 g/mol. The highest BCUT2D eigenvalue weighted by Gasteiger charge is 2.15. The molecule has 0 N–H and O–H groups in total. The molecule has 2 atom stereocenters. The molecule has 0 aliphatic heterocycles. The Morgan fingerprint density at radius 2 is 1.60 bits per heavy atom. The summed E-state index contributed by atoms with van der Waals surface area (Å²) in [5.41, 5.74) is 3.55. The highest BCUT2D eigenvalue weighted by molar-refractivity contribution is 14.1. The molecule has 0 saturated carbocycles. The van der Waals surface area contributed by atoms with Crippen molar-refractivity contribution in [3.63, 3.8) is 0 Å². The Bertz CT molecular complexity index is 335. The van der Waals surface area contributed by atoms with Crippen LogP contribution in [0.25, 0.3) is 0 Å². The summed E-state index contributed by atoms with van der Waals surface area (Å²) in [6.45, 7) is 8.72. The second kappa shape index (κ2) is 5.75. The molecule has 0 radical (unpaired) electrons. The van der Waals surface area contributed by atoms with Gasteiger partial charge in [0.25, 0.3) is 0 Å². The van der Waals surface area contributed by atoms with E-state index < -0.39 is 0 Å². The number of nitrogens with zero attached hydrogens (tertiary/aromatic N) is 2. The van der Waals surface area contributed by atoms with Gasteiger partial charge in [-0.3, -0.25) is 0 Å². The third-order valence-electron chi connectivity index (χ3n) is 2.28. The van der Waals surface area contributed by atoms with Gasteiger partial charge >= 0.3 is 0 Å². The first-order valence-corrected chi connectivity index (χ1v) is 7.58. The molecule has 0 bridgehead atoms. The van der Waals surface area contributed by atoms with Crippen molar-refractivity contribution in [2.45, 2.75) is 41.5 Å². The van der Waals surface area contributed by atoms with Crippen molar-refractivity contribution in [3.8, 4) is 0 Å². The molecule has 15 heavy (non-hydrogen) atoms. The Labute approximate surface area is 119 Å². The summed E-state index contributed by atoms with van der Waals surface area (Å²) in [5.74, 6) is 0.515. The van der Waals surface area contributed by atoms with Crippen molar-refractivity contribution >= 4 is 45.2 Å². The molecule has 0 amide bonds. The minimum Gasteiger partial charge on any atom is -0.154 e. The van der Waals surface area contributed by atoms with E-state index in [9.17, 15) is 0 Å². The molecule has 2 unspecified atom stereocenters. The maximum Gasteiger partial charge on any atom is 0.0791 e. The fourth-order valence-electron chi connectivity index (χ4n) is 1.40. The van der Waals surface area contributed by atoms with Gasteiger partial charge in [0.15, 0.2) is 0 Å². The van der Waals surface area contributed by atoms with E-state index in [4.69, 9.17) is 0 Å². The molecular formula is C11H16I2N2. The molecule has 1 rings (SSSR count). The topological polar surface area (TPSA) is 25.8 Å². The zero-order chi connectivity index (χ0) is 11.6. The van der Waals surface area contributed by atoms with E-state index in [1.54, 1.807) is 0 Å². The number of halogens is 2. The number of hydrogen-bond acceptors (Lipinski definition) is 2. The summed E-state index contributed by atoms with van der Waals surface area (Å²) >= 11 is 4.77. The van der Waals surface area contributed by atoms with Crippen LogP contribution in [0.15, 0.2) is 6.07 Å². The van der Waals surface area contributed by atoms with Crippen LogP contribution in [0, 0.1) is 0 Å². The maximum atomic E-state index is 4.36. The molecule has 1 aromatic rings. The molecule has 0 aliphatic rings. The largest absolute Gasteiger partial charge is 0.154 e. The molecule has 4 heteroatoms. The number of hydrogen-bond donors (Lipinski definition) is 0. The fraction of sp³-hybridized carbons (Fsp3) is 0.636. The zero-order valence-electron chi connectivity index (χ0n) is 9.46. The van der Waals surface area contributed by atoms with Crippen LogP contribution in [0.4, 0.5) is 0 Å². The molecule has 1 heterocycles. The van der Waals surface area contributed by atoms with Gasteiger partial charge < -0.3 is 0 Å². The highest BCUT2D eigenvalue weighted by atomic mass is 127. The van der Waals surface area contributed by atoms with Crippen molar-refractivity contribution in [1.82, 2.24) is 10.2 Å². The van der Waals surface area contributed by atoms with Crippen LogP contribution in [-0.2, 0) is 0 Å². The van der Waals surface area contributed by atoms with Gasteiger partial charge in [-0.2, -0.15) is 10.2 Å². The third kappa shape index (κ3) is 3.51. The van der Waals surface area contributed by atoms with Crippen molar-refractivity contribution in [2.75, 3.05) is 0 Å². The summed E-state index contributed by atoms with van der Waals surface area (Å²) in [4.78, 5) is 0. The van der Waals surface area contributed by atoms with Crippen LogP contribution in [0.2, 0.25) is 0 Å². The summed E-state index contributed by atoms with van der Waals surface area (Å²) in [5, 5.41) is 8.64. The van der Waals surface area contributed by atoms with E-state index in [2.05, 4.69) is 89.1 Å². The molecule has 0 spiro atoms. The van der Waals surface area contributed by atoms with E-state index in [0.717, 1.165) is 11.4 Å². The molecule has 84 valence electrons. The Morgan fingerprint density at radius 3 is 2.00 bits per heavy atom. The molecule has 0 saturated heterocycles. The van der Waals surface area contributed by atoms with Gasteiger partial charge in [-0.1, -0.05) is 59.0 Å². The van der Waals surface area contributed by atoms with Gasteiger partial charge in [-0.05, 0) is 31.4 Å². The fourth-order valence-corrected chi connectivity index (χ4v) is 2.19. The molecule has 0 aliphatic carbocycles. The highest BCUT2D eigenvalue weighted by Crippen LogP contribution is 2.30. The molecule has 2 nitrogen and oxygen atoms in total. The van der Waals surface area contributed by atoms with Crippen molar-refractivity contribution < 1.29 is 0 Å². The first-order chi connectivity index (χ1) is 6.93. The number of alkyl halides is 2. The van der Waals surface area contributed by atoms with Gasteiger partial charge in [0.1, 0.15) is 0 Å². The summed E-state index contributed by atoms with van der Waals surface area (Å²) < 4.78 is 0.845. The SMILES string of the molecule is CC(C)c1cc(C(C)I)nnc1C(C)I. The Kier molecular flexibility index (Phi) is 5.21. The average molecular weight is 430 g/mol. The number of rotatable bonds is 3. The minimum absolute atomic E-state index is 0.422. The van der Waals surface area contributed by atoms with E-state index in [-0.39, 0.29) is 0 Å². The molecule has 0 fully saturated rings.